The van der Waals surface area contributed by atoms with Crippen LogP contribution in [0.1, 0.15) is 41.6 Å². The summed E-state index contributed by atoms with van der Waals surface area (Å²) >= 11 is 0. The molecule has 0 amide bonds. The lowest BCUT2D eigenvalue weighted by atomic mass is 9.75. The molecule has 21 heavy (non-hydrogen) atoms. The second-order valence-corrected chi connectivity index (χ2v) is 5.46. The van der Waals surface area contributed by atoms with Gasteiger partial charge in [0.1, 0.15) is 0 Å². The Labute approximate surface area is 119 Å². The highest BCUT2D eigenvalue weighted by Gasteiger charge is 2.48. The van der Waals surface area contributed by atoms with Crippen LogP contribution >= 0.6 is 0 Å². The molecule has 2 unspecified atom stereocenters. The van der Waals surface area contributed by atoms with Crippen LogP contribution in [-0.4, -0.2) is 12.0 Å². The number of hydrogen-bond donors (Lipinski definition) is 0. The van der Waals surface area contributed by atoms with Crippen molar-refractivity contribution in [3.8, 4) is 0 Å². The maximum atomic E-state index is 13.8. The standard InChI is InChI=1S/C15H15F5O/c1-8-6-7-10(13(17)12(8)16)14(21)9-4-2-3-5-11(9)15(18,19)20/h6-7,9,11H,2-5H2,1H3. The second-order valence-electron chi connectivity index (χ2n) is 5.46. The molecule has 0 heterocycles. The number of carbonyl (C=O) groups excluding carboxylic acids is 1. The van der Waals surface area contributed by atoms with Gasteiger partial charge in [-0.05, 0) is 31.4 Å². The first-order valence-electron chi connectivity index (χ1n) is 6.79. The Morgan fingerprint density at radius 2 is 1.71 bits per heavy atom. The van der Waals surface area contributed by atoms with E-state index in [-0.39, 0.29) is 18.4 Å². The van der Waals surface area contributed by atoms with E-state index in [9.17, 15) is 26.7 Å². The van der Waals surface area contributed by atoms with Crippen molar-refractivity contribution < 1.29 is 26.7 Å². The van der Waals surface area contributed by atoms with Gasteiger partial charge in [-0.2, -0.15) is 13.2 Å². The second kappa shape index (κ2) is 5.73. The van der Waals surface area contributed by atoms with Gasteiger partial charge in [0.2, 0.25) is 0 Å². The fourth-order valence-electron chi connectivity index (χ4n) is 2.87. The zero-order chi connectivity index (χ0) is 15.8. The van der Waals surface area contributed by atoms with E-state index in [1.807, 2.05) is 0 Å². The molecule has 1 saturated carbocycles. The van der Waals surface area contributed by atoms with Crippen molar-refractivity contribution in [2.45, 2.75) is 38.8 Å². The Balaban J connectivity index is 2.36. The Morgan fingerprint density at radius 3 is 2.33 bits per heavy atom. The van der Waals surface area contributed by atoms with Crippen molar-refractivity contribution in [1.82, 2.24) is 0 Å². The van der Waals surface area contributed by atoms with Crippen LogP contribution in [0.25, 0.3) is 0 Å². The van der Waals surface area contributed by atoms with E-state index in [4.69, 9.17) is 0 Å². The highest BCUT2D eigenvalue weighted by atomic mass is 19.4. The maximum Gasteiger partial charge on any atom is 0.392 e. The molecule has 1 aromatic rings. The Bertz CT molecular complexity index is 550. The van der Waals surface area contributed by atoms with Crippen LogP contribution in [0.15, 0.2) is 12.1 Å². The molecule has 6 heteroatoms. The number of alkyl halides is 3. The maximum absolute atomic E-state index is 13.8. The molecule has 116 valence electrons. The van der Waals surface area contributed by atoms with Gasteiger partial charge in [-0.25, -0.2) is 8.78 Å². The molecular formula is C15H15F5O. The topological polar surface area (TPSA) is 17.1 Å². The summed E-state index contributed by atoms with van der Waals surface area (Å²) in [4.78, 5) is 12.2. The van der Waals surface area contributed by atoms with Gasteiger partial charge in [-0.3, -0.25) is 4.79 Å². The third kappa shape index (κ3) is 3.09. The zero-order valence-corrected chi connectivity index (χ0v) is 11.4. The van der Waals surface area contributed by atoms with Gasteiger partial charge in [0, 0.05) is 5.92 Å². The van der Waals surface area contributed by atoms with Gasteiger partial charge in [0.25, 0.3) is 0 Å². The molecule has 0 bridgehead atoms. The van der Waals surface area contributed by atoms with Crippen LogP contribution in [0.4, 0.5) is 22.0 Å². The van der Waals surface area contributed by atoms with Gasteiger partial charge >= 0.3 is 6.18 Å². The van der Waals surface area contributed by atoms with Crippen LogP contribution in [-0.2, 0) is 0 Å². The molecule has 0 saturated heterocycles. The molecular weight excluding hydrogens is 291 g/mol. The average molecular weight is 306 g/mol. The number of aryl methyl sites for hydroxylation is 1. The summed E-state index contributed by atoms with van der Waals surface area (Å²) in [6.07, 6.45) is -3.72. The van der Waals surface area contributed by atoms with Gasteiger partial charge in [-0.15, -0.1) is 0 Å². The van der Waals surface area contributed by atoms with Crippen molar-refractivity contribution in [2.75, 3.05) is 0 Å². The first kappa shape index (κ1) is 15.9. The lowest BCUT2D eigenvalue weighted by molar-refractivity contribution is -0.190. The summed E-state index contributed by atoms with van der Waals surface area (Å²) in [7, 11) is 0. The molecule has 0 aromatic heterocycles. The van der Waals surface area contributed by atoms with Crippen molar-refractivity contribution in [3.63, 3.8) is 0 Å². The minimum Gasteiger partial charge on any atom is -0.294 e. The number of benzene rings is 1. The van der Waals surface area contributed by atoms with Crippen molar-refractivity contribution >= 4 is 5.78 Å². The monoisotopic (exact) mass is 306 g/mol. The molecule has 1 aliphatic rings. The highest BCUT2D eigenvalue weighted by molar-refractivity contribution is 5.98. The van der Waals surface area contributed by atoms with Gasteiger partial charge in [-0.1, -0.05) is 18.9 Å². The number of Topliss-reactive ketones (excluding diaryl/α,β-unsaturated/α-hetero) is 1. The number of carbonyl (C=O) groups is 1. The van der Waals surface area contributed by atoms with Crippen molar-refractivity contribution in [3.05, 3.63) is 34.9 Å². The van der Waals surface area contributed by atoms with Gasteiger partial charge < -0.3 is 0 Å². The van der Waals surface area contributed by atoms with Gasteiger partial charge in [0.05, 0.1) is 11.5 Å². The van der Waals surface area contributed by atoms with E-state index in [1.165, 1.54) is 13.0 Å². The number of ketones is 1. The molecule has 1 aliphatic carbocycles. The molecule has 0 aliphatic heterocycles. The highest BCUT2D eigenvalue weighted by Crippen LogP contribution is 2.43. The molecule has 2 rings (SSSR count). The molecule has 2 atom stereocenters. The third-order valence-electron chi connectivity index (χ3n) is 4.06. The first-order chi connectivity index (χ1) is 9.73. The number of halogens is 5. The van der Waals surface area contributed by atoms with E-state index in [1.54, 1.807) is 0 Å². The van der Waals surface area contributed by atoms with Crippen LogP contribution in [0.2, 0.25) is 0 Å². The van der Waals surface area contributed by atoms with E-state index in [2.05, 4.69) is 0 Å². The fraction of sp³-hybridized carbons (Fsp3) is 0.533. The van der Waals surface area contributed by atoms with Crippen LogP contribution in [0, 0.1) is 30.4 Å². The van der Waals surface area contributed by atoms with Crippen LogP contribution in [0.3, 0.4) is 0 Å². The molecule has 1 aromatic carbocycles. The fourth-order valence-corrected chi connectivity index (χ4v) is 2.87. The van der Waals surface area contributed by atoms with Crippen molar-refractivity contribution in [2.24, 2.45) is 11.8 Å². The molecule has 1 nitrogen and oxygen atoms in total. The van der Waals surface area contributed by atoms with E-state index < -0.39 is 41.0 Å². The average Bonchev–Trinajstić information content (AvgIpc) is 2.43. The summed E-state index contributed by atoms with van der Waals surface area (Å²) in [6.45, 7) is 1.33. The summed E-state index contributed by atoms with van der Waals surface area (Å²) in [5, 5.41) is 0. The summed E-state index contributed by atoms with van der Waals surface area (Å²) < 4.78 is 66.3. The normalized spacial score (nSPS) is 23.1. The van der Waals surface area contributed by atoms with Crippen molar-refractivity contribution in [1.29, 1.82) is 0 Å². The SMILES string of the molecule is Cc1ccc(C(=O)C2CCCCC2C(F)(F)F)c(F)c1F. The predicted octanol–water partition coefficient (Wildman–Crippen LogP) is 4.82. The molecule has 1 fully saturated rings. The Kier molecular flexibility index (Phi) is 4.35. The minimum atomic E-state index is -4.50. The summed E-state index contributed by atoms with van der Waals surface area (Å²) in [6, 6.07) is 2.27. The lowest BCUT2D eigenvalue weighted by Gasteiger charge is -2.32. The third-order valence-corrected chi connectivity index (χ3v) is 4.06. The molecule has 0 N–H and O–H groups in total. The first-order valence-corrected chi connectivity index (χ1v) is 6.79. The Morgan fingerprint density at radius 1 is 1.10 bits per heavy atom. The smallest absolute Gasteiger partial charge is 0.294 e. The van der Waals surface area contributed by atoms with Gasteiger partial charge in [0.15, 0.2) is 17.4 Å². The molecule has 0 spiro atoms. The van der Waals surface area contributed by atoms with Crippen LogP contribution < -0.4 is 0 Å². The minimum absolute atomic E-state index is 0.0139. The number of rotatable bonds is 2. The summed E-state index contributed by atoms with van der Waals surface area (Å²) in [5.41, 5.74) is -0.570. The van der Waals surface area contributed by atoms with E-state index in [0.717, 1.165) is 6.07 Å². The van der Waals surface area contributed by atoms with E-state index in [0.29, 0.717) is 12.8 Å². The predicted molar refractivity (Wildman–Crippen MR) is 66.9 cm³/mol. The number of hydrogen-bond acceptors (Lipinski definition) is 1. The summed E-state index contributed by atoms with van der Waals surface area (Å²) in [5.74, 6) is -6.59. The van der Waals surface area contributed by atoms with Crippen LogP contribution in [0.5, 0.6) is 0 Å². The quantitative estimate of drug-likeness (QED) is 0.565. The largest absolute Gasteiger partial charge is 0.392 e. The Hall–Kier alpha value is -1.46. The lowest BCUT2D eigenvalue weighted by Crippen LogP contribution is -2.37. The zero-order valence-electron chi connectivity index (χ0n) is 11.4. The molecule has 0 radical (unpaired) electrons. The van der Waals surface area contributed by atoms with E-state index >= 15 is 0 Å².